The van der Waals surface area contributed by atoms with Gasteiger partial charge in [-0.2, -0.15) is 0 Å². The quantitative estimate of drug-likeness (QED) is 0.181. The number of nitrogens with zero attached hydrogens (tertiary/aromatic N) is 5. The molecule has 3 aromatic rings. The first-order chi connectivity index (χ1) is 17.7. The molecule has 0 bridgehead atoms. The molecule has 3 heterocycles. The number of benzene rings is 1. The predicted molar refractivity (Wildman–Crippen MR) is 140 cm³/mol. The molecule has 0 atom stereocenters. The highest BCUT2D eigenvalue weighted by molar-refractivity contribution is 5.99. The number of aromatic nitrogens is 2. The van der Waals surface area contributed by atoms with Crippen LogP contribution in [0.2, 0.25) is 0 Å². The molecular formula is C24H29N9O4. The van der Waals surface area contributed by atoms with Crippen LogP contribution in [0.1, 0.15) is 10.4 Å². The van der Waals surface area contributed by atoms with Crippen molar-refractivity contribution in [3.8, 4) is 11.3 Å². The van der Waals surface area contributed by atoms with Gasteiger partial charge in [-0.25, -0.2) is 9.97 Å². The molecule has 0 aliphatic carbocycles. The van der Waals surface area contributed by atoms with Crippen LogP contribution in [0.4, 0.5) is 28.8 Å². The highest BCUT2D eigenvalue weighted by Crippen LogP contribution is 2.32. The molecule has 4 rings (SSSR count). The topological polar surface area (TPSA) is 186 Å². The molecule has 37 heavy (non-hydrogen) atoms. The summed E-state index contributed by atoms with van der Waals surface area (Å²) < 4.78 is 0. The largest absolute Gasteiger partial charge is 0.382 e. The van der Waals surface area contributed by atoms with Gasteiger partial charge in [-0.1, -0.05) is 12.1 Å². The normalized spacial score (nSPS) is 13.9. The third-order valence-electron chi connectivity index (χ3n) is 5.87. The Bertz CT molecular complexity index is 1280. The fourth-order valence-corrected chi connectivity index (χ4v) is 3.93. The van der Waals surface area contributed by atoms with Crippen molar-refractivity contribution in [1.29, 1.82) is 0 Å². The molecule has 1 aromatic carbocycles. The summed E-state index contributed by atoms with van der Waals surface area (Å²) in [6.45, 7) is 2.55. The van der Waals surface area contributed by atoms with Crippen molar-refractivity contribution < 1.29 is 20.0 Å². The smallest absolute Gasteiger partial charge is 0.248 e. The minimum Gasteiger partial charge on any atom is -0.382 e. The SMILES string of the molecule is CN1CCN(c2ccc(NCCNc3ccc(N(O)O)c(N)n3)nc2-c2ccc(C(N)=O)cc2)C(=O)C1. The molecular weight excluding hydrogens is 478 g/mol. The van der Waals surface area contributed by atoms with Gasteiger partial charge in [0.1, 0.15) is 17.3 Å². The van der Waals surface area contributed by atoms with Gasteiger partial charge in [-0.15, -0.1) is 5.23 Å². The Kier molecular flexibility index (Phi) is 7.67. The fraction of sp³-hybridized carbons (Fsp3) is 0.250. The number of pyridine rings is 2. The van der Waals surface area contributed by atoms with Gasteiger partial charge in [0.15, 0.2) is 5.82 Å². The first-order valence-corrected chi connectivity index (χ1v) is 11.6. The van der Waals surface area contributed by atoms with Crippen molar-refractivity contribution in [2.24, 2.45) is 5.73 Å². The monoisotopic (exact) mass is 507 g/mol. The Morgan fingerprint density at radius 2 is 1.65 bits per heavy atom. The number of amides is 2. The molecule has 1 aliphatic rings. The summed E-state index contributed by atoms with van der Waals surface area (Å²) >= 11 is 0. The Labute approximate surface area is 213 Å². The van der Waals surface area contributed by atoms with Crippen molar-refractivity contribution >= 4 is 40.6 Å². The summed E-state index contributed by atoms with van der Waals surface area (Å²) in [6, 6.07) is 13.5. The average Bonchev–Trinajstić information content (AvgIpc) is 2.87. The maximum absolute atomic E-state index is 12.8. The molecule has 2 aromatic heterocycles. The number of piperazine rings is 1. The number of nitrogens with two attached hydrogens (primary N) is 2. The molecule has 1 saturated heterocycles. The summed E-state index contributed by atoms with van der Waals surface area (Å²) in [5.41, 5.74) is 13.5. The maximum Gasteiger partial charge on any atom is 0.248 e. The van der Waals surface area contributed by atoms with Crippen LogP contribution in [0.25, 0.3) is 11.3 Å². The van der Waals surface area contributed by atoms with Crippen molar-refractivity contribution in [1.82, 2.24) is 14.9 Å². The lowest BCUT2D eigenvalue weighted by Gasteiger charge is -2.33. The summed E-state index contributed by atoms with van der Waals surface area (Å²) in [5.74, 6) is 0.495. The summed E-state index contributed by atoms with van der Waals surface area (Å²) in [5, 5.41) is 24.4. The Morgan fingerprint density at radius 1 is 1.00 bits per heavy atom. The van der Waals surface area contributed by atoms with E-state index in [1.54, 1.807) is 35.2 Å². The second kappa shape index (κ2) is 11.1. The van der Waals surface area contributed by atoms with Crippen LogP contribution in [0.5, 0.6) is 0 Å². The number of primary amides is 1. The summed E-state index contributed by atoms with van der Waals surface area (Å²) in [7, 11) is 1.91. The van der Waals surface area contributed by atoms with E-state index >= 15 is 0 Å². The van der Waals surface area contributed by atoms with Crippen molar-refractivity contribution in [2.75, 3.05) is 66.3 Å². The molecule has 0 saturated carbocycles. The van der Waals surface area contributed by atoms with E-state index in [0.29, 0.717) is 54.8 Å². The Hall–Kier alpha value is -4.46. The van der Waals surface area contributed by atoms with Crippen LogP contribution in [-0.4, -0.2) is 76.9 Å². The average molecular weight is 508 g/mol. The molecule has 1 fully saturated rings. The first-order valence-electron chi connectivity index (χ1n) is 11.6. The lowest BCUT2D eigenvalue weighted by Crippen LogP contribution is -2.49. The molecule has 194 valence electrons. The van der Waals surface area contributed by atoms with Gasteiger partial charge in [0.25, 0.3) is 0 Å². The van der Waals surface area contributed by atoms with Crippen molar-refractivity contribution in [3.05, 3.63) is 54.1 Å². The van der Waals surface area contributed by atoms with E-state index in [4.69, 9.17) is 26.9 Å². The molecule has 0 unspecified atom stereocenters. The number of nitrogens with one attached hydrogen (secondary N) is 2. The third kappa shape index (κ3) is 6.03. The highest BCUT2D eigenvalue weighted by atomic mass is 16.8. The molecule has 8 N–H and O–H groups in total. The standard InChI is InChI=1S/C24H29N9O4/c1-31-12-13-32(21(34)14-31)17-6-8-19(29-22(17)15-2-4-16(5-3-15)24(26)35)27-10-11-28-20-9-7-18(33(36)37)23(25)30-20/h2-9,36-37H,10-14H2,1H3,(H2,26,35)(H,27,29)(H3,25,28,30). The Balaban J connectivity index is 1.50. The number of nitrogen functional groups attached to an aromatic ring is 1. The lowest BCUT2D eigenvalue weighted by atomic mass is 10.1. The molecule has 13 nitrogen and oxygen atoms in total. The van der Waals surface area contributed by atoms with Crippen molar-refractivity contribution in [3.63, 3.8) is 0 Å². The third-order valence-corrected chi connectivity index (χ3v) is 5.87. The van der Waals surface area contributed by atoms with Gasteiger partial charge < -0.3 is 27.0 Å². The zero-order valence-electron chi connectivity index (χ0n) is 20.3. The van der Waals surface area contributed by atoms with Crippen LogP contribution in [0.15, 0.2) is 48.5 Å². The molecule has 13 heteroatoms. The fourth-order valence-electron chi connectivity index (χ4n) is 3.93. The predicted octanol–water partition coefficient (Wildman–Crippen LogP) is 1.21. The number of hydrogen-bond acceptors (Lipinski definition) is 11. The number of carbonyl (C=O) groups excluding carboxylic acids is 2. The zero-order valence-corrected chi connectivity index (χ0v) is 20.3. The van der Waals surface area contributed by atoms with Crippen LogP contribution in [0.3, 0.4) is 0 Å². The minimum absolute atomic E-state index is 0.0150. The highest BCUT2D eigenvalue weighted by Gasteiger charge is 2.26. The summed E-state index contributed by atoms with van der Waals surface area (Å²) in [6.07, 6.45) is 0. The van der Waals surface area contributed by atoms with Gasteiger partial charge in [0, 0.05) is 37.3 Å². The van der Waals surface area contributed by atoms with Crippen LogP contribution in [0, 0.1) is 0 Å². The Morgan fingerprint density at radius 3 is 2.24 bits per heavy atom. The van der Waals surface area contributed by atoms with E-state index in [1.165, 1.54) is 6.07 Å². The second-order valence-corrected chi connectivity index (χ2v) is 8.53. The van der Waals surface area contributed by atoms with Gasteiger partial charge in [0.05, 0.1) is 17.9 Å². The molecule has 1 aliphatic heterocycles. The van der Waals surface area contributed by atoms with Crippen LogP contribution < -0.4 is 32.2 Å². The van der Waals surface area contributed by atoms with Crippen LogP contribution >= 0.6 is 0 Å². The number of carbonyl (C=O) groups is 2. The zero-order chi connectivity index (χ0) is 26.5. The minimum atomic E-state index is -0.521. The summed E-state index contributed by atoms with van der Waals surface area (Å²) in [4.78, 5) is 36.8. The first kappa shape index (κ1) is 25.6. The van der Waals surface area contributed by atoms with E-state index in [1.807, 2.05) is 24.1 Å². The van der Waals surface area contributed by atoms with E-state index < -0.39 is 5.91 Å². The van der Waals surface area contributed by atoms with Gasteiger partial charge >= 0.3 is 0 Å². The number of hydrogen-bond donors (Lipinski definition) is 6. The maximum atomic E-state index is 12.8. The van der Waals surface area contributed by atoms with Gasteiger partial charge in [-0.3, -0.25) is 24.9 Å². The van der Waals surface area contributed by atoms with E-state index in [2.05, 4.69) is 15.6 Å². The van der Waals surface area contributed by atoms with Crippen molar-refractivity contribution in [2.45, 2.75) is 0 Å². The lowest BCUT2D eigenvalue weighted by molar-refractivity contribution is -0.120. The molecule has 2 amide bonds. The van der Waals surface area contributed by atoms with Gasteiger partial charge in [-0.05, 0) is 43.4 Å². The molecule has 0 radical (unpaired) electrons. The van der Waals surface area contributed by atoms with Gasteiger partial charge in [0.2, 0.25) is 11.8 Å². The second-order valence-electron chi connectivity index (χ2n) is 8.53. The molecule has 0 spiro atoms. The van der Waals surface area contributed by atoms with E-state index in [9.17, 15) is 9.59 Å². The number of rotatable bonds is 9. The van der Waals surface area contributed by atoms with E-state index in [-0.39, 0.29) is 22.6 Å². The van der Waals surface area contributed by atoms with E-state index in [0.717, 1.165) is 12.1 Å². The number of likely N-dealkylation sites (N-methyl/N-ethyl adjacent to an activating group) is 1. The van der Waals surface area contributed by atoms with Crippen LogP contribution in [-0.2, 0) is 4.79 Å². The number of anilines is 5.